The minimum absolute atomic E-state index is 0.0362. The summed E-state index contributed by atoms with van der Waals surface area (Å²) in [5.41, 5.74) is 0. The van der Waals surface area contributed by atoms with Crippen molar-refractivity contribution in [2.75, 3.05) is 7.11 Å². The Kier molecular flexibility index (Phi) is 3.03. The van der Waals surface area contributed by atoms with Crippen LogP contribution in [-0.4, -0.2) is 12.0 Å². The van der Waals surface area contributed by atoms with Gasteiger partial charge in [-0.1, -0.05) is 29.8 Å². The number of hydrogen-bond acceptors (Lipinski definition) is 4. The molecule has 0 saturated heterocycles. The van der Waals surface area contributed by atoms with Crippen LogP contribution in [-0.2, 0) is 4.74 Å². The van der Waals surface area contributed by atoms with Gasteiger partial charge in [0.2, 0.25) is 0 Å². The molecule has 1 heterocycles. The molecule has 0 fully saturated rings. The summed E-state index contributed by atoms with van der Waals surface area (Å²) in [4.78, 5) is 9.62. The van der Waals surface area contributed by atoms with Crippen LogP contribution in [0.4, 0.5) is 5.88 Å². The zero-order valence-corrected chi connectivity index (χ0v) is 8.56. The Morgan fingerprint density at radius 1 is 1.57 bits per heavy atom. The standard InChI is InChI=1S/C7H5Cl2NO4/c1-3(13-2)6-4(8)5(9)7(14-6)10(11)12/h1H2,2H3. The minimum atomic E-state index is -0.777. The summed E-state index contributed by atoms with van der Waals surface area (Å²) >= 11 is 11.2. The van der Waals surface area contributed by atoms with Crippen molar-refractivity contribution in [1.82, 2.24) is 0 Å². The highest BCUT2D eigenvalue weighted by Gasteiger charge is 2.27. The topological polar surface area (TPSA) is 65.5 Å². The second-order valence-corrected chi connectivity index (χ2v) is 3.00. The molecule has 0 unspecified atom stereocenters. The minimum Gasteiger partial charge on any atom is -0.493 e. The third kappa shape index (κ3) is 1.69. The number of rotatable bonds is 3. The largest absolute Gasteiger partial charge is 0.493 e. The molecular formula is C7H5Cl2NO4. The van der Waals surface area contributed by atoms with Crippen LogP contribution in [0.2, 0.25) is 10.0 Å². The van der Waals surface area contributed by atoms with Crippen LogP contribution in [0.5, 0.6) is 0 Å². The van der Waals surface area contributed by atoms with Crippen molar-refractivity contribution < 1.29 is 14.1 Å². The molecule has 5 nitrogen and oxygen atoms in total. The molecule has 0 saturated carbocycles. The van der Waals surface area contributed by atoms with E-state index in [-0.39, 0.29) is 21.6 Å². The number of methoxy groups -OCH3 is 1. The fourth-order valence-electron chi connectivity index (χ4n) is 0.769. The maximum atomic E-state index is 10.4. The zero-order valence-electron chi connectivity index (χ0n) is 7.04. The summed E-state index contributed by atoms with van der Waals surface area (Å²) in [5.74, 6) is -0.583. The highest BCUT2D eigenvalue weighted by atomic mass is 35.5. The number of furan rings is 1. The van der Waals surface area contributed by atoms with E-state index in [1.54, 1.807) is 0 Å². The Morgan fingerprint density at radius 2 is 2.14 bits per heavy atom. The van der Waals surface area contributed by atoms with Crippen LogP contribution >= 0.6 is 23.2 Å². The molecule has 0 N–H and O–H groups in total. The predicted molar refractivity (Wildman–Crippen MR) is 51.4 cm³/mol. The van der Waals surface area contributed by atoms with Gasteiger partial charge in [-0.25, -0.2) is 0 Å². The molecule has 0 aromatic carbocycles. The first kappa shape index (κ1) is 10.9. The predicted octanol–water partition coefficient (Wildman–Crippen LogP) is 3.11. The molecule has 1 rings (SSSR count). The normalized spacial score (nSPS) is 9.93. The summed E-state index contributed by atoms with van der Waals surface area (Å²) < 4.78 is 9.48. The summed E-state index contributed by atoms with van der Waals surface area (Å²) in [6.45, 7) is 3.44. The van der Waals surface area contributed by atoms with Crippen LogP contribution < -0.4 is 0 Å². The van der Waals surface area contributed by atoms with E-state index in [1.165, 1.54) is 7.11 Å². The van der Waals surface area contributed by atoms with Crippen molar-refractivity contribution in [2.24, 2.45) is 0 Å². The van der Waals surface area contributed by atoms with E-state index in [0.29, 0.717) is 0 Å². The second kappa shape index (κ2) is 3.89. The lowest BCUT2D eigenvalue weighted by atomic mass is 10.4. The third-order valence-corrected chi connectivity index (χ3v) is 2.25. The van der Waals surface area contributed by atoms with Crippen LogP contribution in [0.15, 0.2) is 11.0 Å². The summed E-state index contributed by atoms with van der Waals surface area (Å²) in [5, 5.41) is 10.1. The average molecular weight is 238 g/mol. The Balaban J connectivity index is 3.28. The van der Waals surface area contributed by atoms with Gasteiger partial charge in [0.05, 0.1) is 7.11 Å². The van der Waals surface area contributed by atoms with Gasteiger partial charge in [0.1, 0.15) is 9.95 Å². The van der Waals surface area contributed by atoms with Crippen molar-refractivity contribution in [3.63, 3.8) is 0 Å². The molecule has 0 radical (unpaired) electrons. The SMILES string of the molecule is C=C(OC)c1oc([N+](=O)[O-])c(Cl)c1Cl. The summed E-state index contributed by atoms with van der Waals surface area (Å²) in [7, 11) is 1.33. The number of nitro groups is 1. The van der Waals surface area contributed by atoms with Crippen molar-refractivity contribution in [3.05, 3.63) is 32.5 Å². The first-order valence-corrected chi connectivity index (χ1v) is 4.10. The first-order chi connectivity index (χ1) is 6.49. The lowest BCUT2D eigenvalue weighted by molar-refractivity contribution is -0.402. The van der Waals surface area contributed by atoms with E-state index in [1.807, 2.05) is 0 Å². The lowest BCUT2D eigenvalue weighted by Gasteiger charge is -1.98. The fourth-order valence-corrected chi connectivity index (χ4v) is 1.19. The number of ether oxygens (including phenoxy) is 1. The molecule has 7 heteroatoms. The monoisotopic (exact) mass is 237 g/mol. The van der Waals surface area contributed by atoms with Gasteiger partial charge < -0.3 is 9.15 Å². The van der Waals surface area contributed by atoms with Gasteiger partial charge in [-0.3, -0.25) is 10.1 Å². The molecule has 14 heavy (non-hydrogen) atoms. The molecule has 1 aromatic rings. The third-order valence-electron chi connectivity index (χ3n) is 1.44. The maximum Gasteiger partial charge on any atom is 0.454 e. The lowest BCUT2D eigenvalue weighted by Crippen LogP contribution is -1.85. The number of halogens is 2. The first-order valence-electron chi connectivity index (χ1n) is 3.34. The van der Waals surface area contributed by atoms with Crippen LogP contribution in [0.1, 0.15) is 5.76 Å². The molecule has 1 aromatic heterocycles. The van der Waals surface area contributed by atoms with Crippen molar-refractivity contribution in [1.29, 1.82) is 0 Å². The van der Waals surface area contributed by atoms with Crippen LogP contribution in [0, 0.1) is 10.1 Å². The number of nitrogens with zero attached hydrogens (tertiary/aromatic N) is 1. The molecule has 0 aliphatic carbocycles. The van der Waals surface area contributed by atoms with Gasteiger partial charge >= 0.3 is 5.88 Å². The van der Waals surface area contributed by atoms with E-state index < -0.39 is 10.8 Å². The highest BCUT2D eigenvalue weighted by Crippen LogP contribution is 2.40. The molecule has 0 aliphatic rings. The Labute approximate surface area is 89.0 Å². The van der Waals surface area contributed by atoms with Gasteiger partial charge in [0.15, 0.2) is 16.5 Å². The number of hydrogen-bond donors (Lipinski definition) is 0. The van der Waals surface area contributed by atoms with Crippen molar-refractivity contribution in [3.8, 4) is 0 Å². The van der Waals surface area contributed by atoms with Crippen molar-refractivity contribution in [2.45, 2.75) is 0 Å². The van der Waals surface area contributed by atoms with E-state index in [9.17, 15) is 10.1 Å². The zero-order chi connectivity index (χ0) is 10.9. The van der Waals surface area contributed by atoms with E-state index in [0.717, 1.165) is 0 Å². The second-order valence-electron chi connectivity index (χ2n) is 2.25. The maximum absolute atomic E-state index is 10.4. The molecular weight excluding hydrogens is 233 g/mol. The Hall–Kier alpha value is -1.20. The molecule has 76 valence electrons. The van der Waals surface area contributed by atoms with Gasteiger partial charge in [-0.2, -0.15) is 0 Å². The van der Waals surface area contributed by atoms with Gasteiger partial charge in [-0.15, -0.1) is 0 Å². The summed E-state index contributed by atoms with van der Waals surface area (Å²) in [6, 6.07) is 0. The Morgan fingerprint density at radius 3 is 2.50 bits per heavy atom. The van der Waals surface area contributed by atoms with Gasteiger partial charge in [0.25, 0.3) is 0 Å². The van der Waals surface area contributed by atoms with Crippen LogP contribution in [0.25, 0.3) is 5.76 Å². The smallest absolute Gasteiger partial charge is 0.454 e. The quantitative estimate of drug-likeness (QED) is 0.461. The van der Waals surface area contributed by atoms with E-state index >= 15 is 0 Å². The molecule has 0 spiro atoms. The van der Waals surface area contributed by atoms with Gasteiger partial charge in [0, 0.05) is 0 Å². The summed E-state index contributed by atoms with van der Waals surface area (Å²) in [6.07, 6.45) is 0. The van der Waals surface area contributed by atoms with Crippen LogP contribution in [0.3, 0.4) is 0 Å². The average Bonchev–Trinajstić information content (AvgIpc) is 2.43. The fraction of sp³-hybridized carbons (Fsp3) is 0.143. The van der Waals surface area contributed by atoms with E-state index in [2.05, 4.69) is 6.58 Å². The highest BCUT2D eigenvalue weighted by molar-refractivity contribution is 6.44. The molecule has 0 amide bonds. The Bertz CT molecular complexity index is 399. The molecule has 0 atom stereocenters. The molecule has 0 bridgehead atoms. The van der Waals surface area contributed by atoms with Gasteiger partial charge in [-0.05, 0) is 0 Å². The van der Waals surface area contributed by atoms with Crippen molar-refractivity contribution >= 4 is 34.8 Å². The van der Waals surface area contributed by atoms with E-state index in [4.69, 9.17) is 32.4 Å². The molecule has 0 aliphatic heterocycles.